The number of unbranched alkanes of at least 4 members (excludes halogenated alkanes) is 37. The van der Waals surface area contributed by atoms with Crippen molar-refractivity contribution in [2.24, 2.45) is 5.92 Å². The van der Waals surface area contributed by atoms with Crippen molar-refractivity contribution in [3.63, 3.8) is 0 Å². The van der Waals surface area contributed by atoms with Crippen LogP contribution >= 0.6 is 15.6 Å². The van der Waals surface area contributed by atoms with Gasteiger partial charge in [-0.15, -0.1) is 0 Å². The van der Waals surface area contributed by atoms with Crippen LogP contribution in [-0.2, 0) is 65.4 Å². The van der Waals surface area contributed by atoms with Crippen LogP contribution in [0.4, 0.5) is 0 Å². The Balaban J connectivity index is 5.16. The molecule has 0 bridgehead atoms. The number of ether oxygens (including phenoxy) is 4. The van der Waals surface area contributed by atoms with E-state index in [0.717, 1.165) is 102 Å². The van der Waals surface area contributed by atoms with Gasteiger partial charge in [-0.3, -0.25) is 37.3 Å². The molecule has 0 aliphatic heterocycles. The molecule has 0 spiro atoms. The number of aliphatic hydroxyl groups excluding tert-OH is 1. The van der Waals surface area contributed by atoms with Gasteiger partial charge in [0.15, 0.2) is 12.2 Å². The Hall–Kier alpha value is -1.94. The number of rotatable bonds is 65. The van der Waals surface area contributed by atoms with Gasteiger partial charge in [-0.05, 0) is 31.6 Å². The SMILES string of the molecule is CCCCCCCCCCCCCCC(=O)OC[C@H](COP(=O)(O)OC[C@@H](O)COP(=O)(O)OC[C@@H](COC(=O)CCCCCCC)OC(=O)CCCCCCCCCCCCC)OC(=O)CCCCCCCCCCCCCCCC(C)C. The first-order valence-electron chi connectivity index (χ1n) is 34.1. The molecule has 0 radical (unpaired) electrons. The van der Waals surface area contributed by atoms with Crippen molar-refractivity contribution in [2.45, 2.75) is 348 Å². The second-order valence-electron chi connectivity index (χ2n) is 24.0. The van der Waals surface area contributed by atoms with E-state index in [9.17, 15) is 43.2 Å². The maximum absolute atomic E-state index is 13.0. The average molecular weight is 1240 g/mol. The minimum atomic E-state index is -4.94. The van der Waals surface area contributed by atoms with Crippen LogP contribution in [0, 0.1) is 5.92 Å². The predicted molar refractivity (Wildman–Crippen MR) is 335 cm³/mol. The summed E-state index contributed by atoms with van der Waals surface area (Å²) in [6.07, 6.45) is 43.3. The zero-order valence-corrected chi connectivity index (χ0v) is 55.8. The molecule has 3 N–H and O–H groups in total. The van der Waals surface area contributed by atoms with E-state index in [0.29, 0.717) is 25.7 Å². The normalized spacial score (nSPS) is 14.2. The average Bonchev–Trinajstić information content (AvgIpc) is 3.66. The number of carbonyl (C=O) groups is 4. The topological polar surface area (TPSA) is 237 Å². The molecule has 5 atom stereocenters. The predicted octanol–water partition coefficient (Wildman–Crippen LogP) is 18.2. The molecule has 498 valence electrons. The van der Waals surface area contributed by atoms with Crippen LogP contribution in [0.2, 0.25) is 0 Å². The van der Waals surface area contributed by atoms with Crippen molar-refractivity contribution in [1.82, 2.24) is 0 Å². The van der Waals surface area contributed by atoms with Crippen molar-refractivity contribution in [1.29, 1.82) is 0 Å². The van der Waals surface area contributed by atoms with E-state index in [1.807, 2.05) is 0 Å². The van der Waals surface area contributed by atoms with Gasteiger partial charge < -0.3 is 33.8 Å². The van der Waals surface area contributed by atoms with Gasteiger partial charge in [0.1, 0.15) is 19.3 Å². The Morgan fingerprint density at radius 1 is 0.321 bits per heavy atom. The Bertz CT molecular complexity index is 1640. The third kappa shape index (κ3) is 59.0. The summed E-state index contributed by atoms with van der Waals surface area (Å²) in [5.74, 6) is -1.35. The Labute approximate surface area is 511 Å². The summed E-state index contributed by atoms with van der Waals surface area (Å²) in [6, 6.07) is 0. The first-order valence-corrected chi connectivity index (χ1v) is 37.1. The molecule has 0 saturated heterocycles. The molecule has 0 heterocycles. The third-order valence-electron chi connectivity index (χ3n) is 15.0. The standard InChI is InChI=1S/C65H126O17P2/c1-6-9-12-15-17-19-21-27-30-34-39-44-49-63(68)76-55-61(82-65(70)51-46-41-36-32-28-24-22-23-26-29-33-38-42-47-58(4)5)57-80-84(73,74)78-53-59(66)52-77-83(71,72)79-56-60(54-75-62(67)48-43-37-14-11-8-3)81-64(69)50-45-40-35-31-25-20-18-16-13-10-7-2/h58-61,66H,6-57H2,1-5H3,(H,71,72)(H,73,74)/t59-,60+,61+/m0/s1. The Morgan fingerprint density at radius 3 is 0.810 bits per heavy atom. The first kappa shape index (κ1) is 82.1. The van der Waals surface area contributed by atoms with Gasteiger partial charge >= 0.3 is 39.5 Å². The van der Waals surface area contributed by atoms with E-state index in [4.69, 9.17) is 37.0 Å². The lowest BCUT2D eigenvalue weighted by atomic mass is 10.0. The number of phosphoric acid groups is 2. The molecule has 2 unspecified atom stereocenters. The number of aliphatic hydroxyl groups is 1. The van der Waals surface area contributed by atoms with Crippen molar-refractivity contribution in [3.05, 3.63) is 0 Å². The lowest BCUT2D eigenvalue weighted by Crippen LogP contribution is -2.30. The van der Waals surface area contributed by atoms with E-state index in [2.05, 4.69) is 34.6 Å². The van der Waals surface area contributed by atoms with Crippen LogP contribution < -0.4 is 0 Å². The van der Waals surface area contributed by atoms with Gasteiger partial charge in [0.2, 0.25) is 0 Å². The summed E-state index contributed by atoms with van der Waals surface area (Å²) >= 11 is 0. The van der Waals surface area contributed by atoms with Crippen LogP contribution in [0.25, 0.3) is 0 Å². The van der Waals surface area contributed by atoms with Gasteiger partial charge in [0.25, 0.3) is 0 Å². The molecule has 0 aromatic heterocycles. The lowest BCUT2D eigenvalue weighted by Gasteiger charge is -2.21. The quantitative estimate of drug-likeness (QED) is 0.0222. The molecule has 0 aromatic carbocycles. The Morgan fingerprint density at radius 2 is 0.548 bits per heavy atom. The van der Waals surface area contributed by atoms with Crippen LogP contribution in [0.15, 0.2) is 0 Å². The number of hydrogen-bond donors (Lipinski definition) is 3. The number of carbonyl (C=O) groups excluding carboxylic acids is 4. The molecule has 0 aliphatic rings. The van der Waals surface area contributed by atoms with Gasteiger partial charge in [-0.2, -0.15) is 0 Å². The minimum absolute atomic E-state index is 0.106. The van der Waals surface area contributed by atoms with Crippen molar-refractivity contribution in [2.75, 3.05) is 39.6 Å². The maximum Gasteiger partial charge on any atom is 0.472 e. The van der Waals surface area contributed by atoms with E-state index < -0.39 is 97.5 Å². The summed E-state index contributed by atoms with van der Waals surface area (Å²) in [4.78, 5) is 72.0. The van der Waals surface area contributed by atoms with Crippen molar-refractivity contribution in [3.8, 4) is 0 Å². The zero-order valence-electron chi connectivity index (χ0n) is 54.0. The van der Waals surface area contributed by atoms with Gasteiger partial charge in [-0.1, -0.05) is 279 Å². The fourth-order valence-electron chi connectivity index (χ4n) is 9.76. The summed E-state index contributed by atoms with van der Waals surface area (Å²) in [5.41, 5.74) is 0. The summed E-state index contributed by atoms with van der Waals surface area (Å²) < 4.78 is 67.9. The van der Waals surface area contributed by atoms with Crippen LogP contribution in [0.3, 0.4) is 0 Å². The highest BCUT2D eigenvalue weighted by Gasteiger charge is 2.30. The number of hydrogen-bond acceptors (Lipinski definition) is 15. The molecule has 0 aromatic rings. The molecule has 0 saturated carbocycles. The van der Waals surface area contributed by atoms with Crippen LogP contribution in [0.5, 0.6) is 0 Å². The maximum atomic E-state index is 13.0. The molecule has 0 amide bonds. The van der Waals surface area contributed by atoms with Gasteiger partial charge in [0.05, 0.1) is 26.4 Å². The van der Waals surface area contributed by atoms with E-state index in [1.54, 1.807) is 0 Å². The fourth-order valence-corrected chi connectivity index (χ4v) is 11.3. The highest BCUT2D eigenvalue weighted by Crippen LogP contribution is 2.45. The van der Waals surface area contributed by atoms with E-state index in [-0.39, 0.29) is 25.7 Å². The van der Waals surface area contributed by atoms with Crippen LogP contribution in [0.1, 0.15) is 330 Å². The third-order valence-corrected chi connectivity index (χ3v) is 16.9. The first-order chi connectivity index (χ1) is 40.5. The van der Waals surface area contributed by atoms with Gasteiger partial charge in [0, 0.05) is 25.7 Å². The summed E-state index contributed by atoms with van der Waals surface area (Å²) in [6.45, 7) is 7.13. The zero-order chi connectivity index (χ0) is 62.0. The molecular formula is C65H126O17P2. The monoisotopic (exact) mass is 1240 g/mol. The molecular weight excluding hydrogens is 1110 g/mol. The fraction of sp³-hybridized carbons (Fsp3) is 0.938. The summed E-state index contributed by atoms with van der Waals surface area (Å²) in [5, 5.41) is 10.5. The summed E-state index contributed by atoms with van der Waals surface area (Å²) in [7, 11) is -9.88. The number of phosphoric ester groups is 2. The smallest absolute Gasteiger partial charge is 0.462 e. The molecule has 0 aliphatic carbocycles. The van der Waals surface area contributed by atoms with Crippen LogP contribution in [-0.4, -0.2) is 96.7 Å². The highest BCUT2D eigenvalue weighted by atomic mass is 31.2. The molecule has 0 fully saturated rings. The van der Waals surface area contributed by atoms with Gasteiger partial charge in [-0.25, -0.2) is 9.13 Å². The largest absolute Gasteiger partial charge is 0.472 e. The molecule has 17 nitrogen and oxygen atoms in total. The number of esters is 4. The highest BCUT2D eigenvalue weighted by molar-refractivity contribution is 7.47. The Kier molecular flexibility index (Phi) is 57.4. The second kappa shape index (κ2) is 58.7. The molecule has 84 heavy (non-hydrogen) atoms. The minimum Gasteiger partial charge on any atom is -0.462 e. The second-order valence-corrected chi connectivity index (χ2v) is 26.9. The van der Waals surface area contributed by atoms with E-state index >= 15 is 0 Å². The van der Waals surface area contributed by atoms with Crippen molar-refractivity contribution < 1.29 is 80.2 Å². The lowest BCUT2D eigenvalue weighted by molar-refractivity contribution is -0.161. The van der Waals surface area contributed by atoms with E-state index in [1.165, 1.54) is 148 Å². The van der Waals surface area contributed by atoms with Crippen molar-refractivity contribution >= 4 is 39.5 Å². The molecule has 0 rings (SSSR count). The molecule has 19 heteroatoms.